The Morgan fingerprint density at radius 3 is 1.86 bits per heavy atom. The zero-order valence-electron chi connectivity index (χ0n) is 28.1. The molecular weight excluding hydrogens is 512 g/mol. The molecule has 3 atom stereocenters. The lowest BCUT2D eigenvalue weighted by molar-refractivity contribution is 0.116. The van der Waals surface area contributed by atoms with E-state index >= 15 is 0 Å². The second-order valence-electron chi connectivity index (χ2n) is 13.9. The minimum absolute atomic E-state index is 0.0491. The summed E-state index contributed by atoms with van der Waals surface area (Å²) >= 11 is 0. The molecule has 0 saturated heterocycles. The number of rotatable bonds is 8. The summed E-state index contributed by atoms with van der Waals surface area (Å²) in [6.07, 6.45) is 20.8. The minimum atomic E-state index is -0.255. The molecule has 2 heteroatoms. The number of unbranched alkanes of at least 4 members (excludes halogenated alkanes) is 1. The van der Waals surface area contributed by atoms with Crippen molar-refractivity contribution in [3.63, 3.8) is 0 Å². The molecule has 2 N–H and O–H groups in total. The van der Waals surface area contributed by atoms with Crippen LogP contribution >= 0.6 is 0 Å². The van der Waals surface area contributed by atoms with E-state index in [0.717, 1.165) is 50.5 Å². The number of aliphatic hydroxyl groups is 2. The van der Waals surface area contributed by atoms with E-state index in [4.69, 9.17) is 0 Å². The van der Waals surface area contributed by atoms with E-state index in [1.54, 1.807) is 0 Å². The van der Waals surface area contributed by atoms with E-state index in [1.807, 2.05) is 6.92 Å². The summed E-state index contributed by atoms with van der Waals surface area (Å²) in [5.74, 6) is 13.9. The predicted octanol–water partition coefficient (Wildman–Crippen LogP) is 9.75. The van der Waals surface area contributed by atoms with E-state index < -0.39 is 0 Å². The van der Waals surface area contributed by atoms with Gasteiger partial charge in [-0.3, -0.25) is 0 Å². The van der Waals surface area contributed by atoms with Crippen LogP contribution < -0.4 is 0 Å². The monoisotopic (exact) mass is 568 g/mol. The standard InChI is InChI=1S/C40H56O2/c1-29(17-13-19-31(3)21-23-37-33(5)25-35(41)27-39(37,7)8)15-11-12-16-30(2)18-14-20-32(4)22-24-38-34(6)26-36(42)28-40(38,9)10/h13-19,32,35-36,41-42H,11-12,20,25-28H2,1-10H3/b17-13+,18-14+,29-15+,30-16+,31-19+/t32?,35-,36-/m1/s1. The molecule has 0 amide bonds. The molecule has 1 unspecified atom stereocenters. The normalized spacial score (nSPS) is 24.0. The second-order valence-corrected chi connectivity index (χ2v) is 13.9. The Labute approximate surface area is 258 Å². The van der Waals surface area contributed by atoms with Crippen molar-refractivity contribution in [1.82, 2.24) is 0 Å². The quantitative estimate of drug-likeness (QED) is 0.174. The molecule has 2 aliphatic carbocycles. The number of hydrogen-bond acceptors (Lipinski definition) is 2. The first-order valence-electron chi connectivity index (χ1n) is 15.8. The summed E-state index contributed by atoms with van der Waals surface area (Å²) in [4.78, 5) is 0. The zero-order chi connectivity index (χ0) is 31.5. The number of allylic oxidation sites excluding steroid dienone is 12. The topological polar surface area (TPSA) is 40.5 Å². The summed E-state index contributed by atoms with van der Waals surface area (Å²) in [5, 5.41) is 20.2. The van der Waals surface area contributed by atoms with Gasteiger partial charge in [0.15, 0.2) is 0 Å². The van der Waals surface area contributed by atoms with Crippen molar-refractivity contribution in [3.8, 4) is 23.7 Å². The molecule has 0 heterocycles. The summed E-state index contributed by atoms with van der Waals surface area (Å²) in [6, 6.07) is 0. The molecule has 0 spiro atoms. The van der Waals surface area contributed by atoms with Gasteiger partial charge < -0.3 is 10.2 Å². The second kappa shape index (κ2) is 16.2. The number of hydrogen-bond donors (Lipinski definition) is 2. The van der Waals surface area contributed by atoms with Crippen LogP contribution in [0.2, 0.25) is 0 Å². The molecule has 0 bridgehead atoms. The molecule has 0 aliphatic heterocycles. The van der Waals surface area contributed by atoms with Gasteiger partial charge in [-0.15, -0.1) is 0 Å². The first-order valence-corrected chi connectivity index (χ1v) is 15.8. The van der Waals surface area contributed by atoms with Gasteiger partial charge >= 0.3 is 0 Å². The Balaban J connectivity index is 1.82. The molecule has 2 aliphatic rings. The Hall–Kier alpha value is -2.78. The van der Waals surface area contributed by atoms with Crippen molar-refractivity contribution in [2.45, 2.75) is 126 Å². The van der Waals surface area contributed by atoms with Gasteiger partial charge in [0, 0.05) is 27.9 Å². The molecule has 0 aromatic heterocycles. The van der Waals surface area contributed by atoms with Crippen LogP contribution in [0.5, 0.6) is 0 Å². The highest BCUT2D eigenvalue weighted by Crippen LogP contribution is 2.40. The van der Waals surface area contributed by atoms with E-state index in [2.05, 4.69) is 129 Å². The highest BCUT2D eigenvalue weighted by molar-refractivity contribution is 5.45. The summed E-state index contributed by atoms with van der Waals surface area (Å²) < 4.78 is 0. The van der Waals surface area contributed by atoms with Gasteiger partial charge in [-0.25, -0.2) is 0 Å². The van der Waals surface area contributed by atoms with Crippen molar-refractivity contribution in [2.75, 3.05) is 0 Å². The lowest BCUT2D eigenvalue weighted by Crippen LogP contribution is -2.28. The fourth-order valence-electron chi connectivity index (χ4n) is 6.16. The van der Waals surface area contributed by atoms with Crippen LogP contribution in [-0.2, 0) is 0 Å². The lowest BCUT2D eigenvalue weighted by atomic mass is 9.72. The Bertz CT molecular complexity index is 1290. The SMILES string of the molecule is CC1=C(C#C/C(C)=C/C=C/C(C)=C/CC/C=C(C)/C=C/CC(C)C#CC2=C(C)C[C@@H](O)CC2(C)C)C(C)(C)C[C@H](O)C1. The van der Waals surface area contributed by atoms with Gasteiger partial charge in [0.1, 0.15) is 0 Å². The fourth-order valence-corrected chi connectivity index (χ4v) is 6.16. The van der Waals surface area contributed by atoms with Crippen molar-refractivity contribution in [3.05, 3.63) is 81.5 Å². The molecule has 0 aromatic carbocycles. The van der Waals surface area contributed by atoms with E-state index in [0.29, 0.717) is 5.92 Å². The van der Waals surface area contributed by atoms with E-state index in [1.165, 1.54) is 33.4 Å². The minimum Gasteiger partial charge on any atom is -0.393 e. The third-order valence-corrected chi connectivity index (χ3v) is 8.29. The van der Waals surface area contributed by atoms with Gasteiger partial charge in [0.2, 0.25) is 0 Å². The highest BCUT2D eigenvalue weighted by atomic mass is 16.3. The van der Waals surface area contributed by atoms with Crippen LogP contribution in [0, 0.1) is 40.4 Å². The van der Waals surface area contributed by atoms with Crippen LogP contribution in [-0.4, -0.2) is 22.4 Å². The lowest BCUT2D eigenvalue weighted by Gasteiger charge is -2.34. The van der Waals surface area contributed by atoms with Crippen molar-refractivity contribution in [2.24, 2.45) is 16.7 Å². The summed E-state index contributed by atoms with van der Waals surface area (Å²) in [5.41, 5.74) is 8.29. The van der Waals surface area contributed by atoms with Crippen molar-refractivity contribution >= 4 is 0 Å². The molecule has 228 valence electrons. The molecule has 2 rings (SSSR count). The maximum Gasteiger partial charge on any atom is 0.0586 e. The van der Waals surface area contributed by atoms with Crippen molar-refractivity contribution in [1.29, 1.82) is 0 Å². The third-order valence-electron chi connectivity index (χ3n) is 8.29. The van der Waals surface area contributed by atoms with Crippen LogP contribution in [0.4, 0.5) is 0 Å². The average molecular weight is 569 g/mol. The molecular formula is C40H56O2. The van der Waals surface area contributed by atoms with Crippen LogP contribution in [0.1, 0.15) is 114 Å². The van der Waals surface area contributed by atoms with Crippen LogP contribution in [0.15, 0.2) is 81.5 Å². The highest BCUT2D eigenvalue weighted by Gasteiger charge is 2.33. The van der Waals surface area contributed by atoms with E-state index in [-0.39, 0.29) is 23.0 Å². The molecule has 42 heavy (non-hydrogen) atoms. The largest absolute Gasteiger partial charge is 0.393 e. The van der Waals surface area contributed by atoms with Gasteiger partial charge in [-0.2, -0.15) is 0 Å². The Kier molecular flexibility index (Phi) is 13.6. The molecule has 2 nitrogen and oxygen atoms in total. The first-order chi connectivity index (χ1) is 19.6. The molecule has 0 fully saturated rings. The maximum atomic E-state index is 10.1. The Morgan fingerprint density at radius 1 is 0.833 bits per heavy atom. The summed E-state index contributed by atoms with van der Waals surface area (Å²) in [6.45, 7) is 21.5. The van der Waals surface area contributed by atoms with Gasteiger partial charge in [0.05, 0.1) is 12.2 Å². The van der Waals surface area contributed by atoms with E-state index in [9.17, 15) is 10.2 Å². The third kappa shape index (κ3) is 11.8. The van der Waals surface area contributed by atoms with Crippen molar-refractivity contribution < 1.29 is 10.2 Å². The maximum absolute atomic E-state index is 10.1. The fraction of sp³-hybridized carbons (Fsp3) is 0.550. The van der Waals surface area contributed by atoms with Crippen LogP contribution in [0.25, 0.3) is 0 Å². The first kappa shape index (κ1) is 35.4. The van der Waals surface area contributed by atoms with Gasteiger partial charge in [-0.05, 0) is 85.1 Å². The van der Waals surface area contributed by atoms with Gasteiger partial charge in [-0.1, -0.05) is 123 Å². The zero-order valence-corrected chi connectivity index (χ0v) is 28.1. The number of aliphatic hydroxyl groups excluding tert-OH is 2. The smallest absolute Gasteiger partial charge is 0.0586 e. The molecule has 0 saturated carbocycles. The predicted molar refractivity (Wildman–Crippen MR) is 182 cm³/mol. The Morgan fingerprint density at radius 2 is 1.33 bits per heavy atom. The average Bonchev–Trinajstić information content (AvgIpc) is 2.84. The van der Waals surface area contributed by atoms with Crippen LogP contribution in [0.3, 0.4) is 0 Å². The van der Waals surface area contributed by atoms with Gasteiger partial charge in [0.25, 0.3) is 0 Å². The summed E-state index contributed by atoms with van der Waals surface area (Å²) in [7, 11) is 0. The molecule has 0 radical (unpaired) electrons. The molecule has 0 aromatic rings.